The highest BCUT2D eigenvalue weighted by molar-refractivity contribution is 9.10. The van der Waals surface area contributed by atoms with Crippen molar-refractivity contribution in [2.24, 2.45) is 0 Å². The van der Waals surface area contributed by atoms with Gasteiger partial charge in [0.05, 0.1) is 7.11 Å². The van der Waals surface area contributed by atoms with Crippen LogP contribution in [0.3, 0.4) is 0 Å². The molecule has 2 aromatic rings. The maximum atomic E-state index is 5.51. The Balaban J connectivity index is 2.27. The van der Waals surface area contributed by atoms with Crippen LogP contribution in [0.25, 0.3) is 0 Å². The van der Waals surface area contributed by atoms with Crippen molar-refractivity contribution in [2.45, 2.75) is 19.3 Å². The number of nitrogens with one attached hydrogen (secondary N) is 1. The van der Waals surface area contributed by atoms with E-state index in [9.17, 15) is 0 Å². The smallest absolute Gasteiger partial charge is 0.122 e. The predicted molar refractivity (Wildman–Crippen MR) is 92.2 cm³/mol. The molecular formula is C18H22BrNO. The molecule has 1 N–H and O–H groups in total. The van der Waals surface area contributed by atoms with E-state index in [0.29, 0.717) is 5.92 Å². The first kappa shape index (κ1) is 16.1. The number of rotatable bonds is 6. The predicted octanol–water partition coefficient (Wildman–Crippen LogP) is 4.31. The summed E-state index contributed by atoms with van der Waals surface area (Å²) >= 11 is 3.50. The maximum absolute atomic E-state index is 5.51. The van der Waals surface area contributed by atoms with Gasteiger partial charge in [0.25, 0.3) is 0 Å². The molecule has 0 aromatic heterocycles. The molecule has 0 bridgehead atoms. The minimum atomic E-state index is 0.429. The molecule has 0 aliphatic carbocycles. The molecule has 0 amide bonds. The van der Waals surface area contributed by atoms with Crippen LogP contribution >= 0.6 is 15.9 Å². The van der Waals surface area contributed by atoms with E-state index in [2.05, 4.69) is 70.6 Å². The Hall–Kier alpha value is -1.32. The molecule has 0 saturated heterocycles. The third-order valence-electron chi connectivity index (χ3n) is 3.69. The summed E-state index contributed by atoms with van der Waals surface area (Å²) in [7, 11) is 3.74. The molecule has 3 heteroatoms. The number of likely N-dealkylation sites (N-methyl/N-ethyl adjacent to an activating group) is 1. The van der Waals surface area contributed by atoms with E-state index in [4.69, 9.17) is 4.74 Å². The Morgan fingerprint density at radius 3 is 2.48 bits per heavy atom. The highest BCUT2D eigenvalue weighted by Gasteiger charge is 2.14. The number of hydrogen-bond acceptors (Lipinski definition) is 2. The molecule has 0 heterocycles. The number of hydrogen-bond donors (Lipinski definition) is 1. The van der Waals surface area contributed by atoms with Crippen LogP contribution in [0.2, 0.25) is 0 Å². The van der Waals surface area contributed by atoms with Crippen LogP contribution in [-0.2, 0) is 6.42 Å². The molecule has 1 atom stereocenters. The number of methoxy groups -OCH3 is 1. The van der Waals surface area contributed by atoms with Gasteiger partial charge >= 0.3 is 0 Å². The number of ether oxygens (including phenoxy) is 1. The normalized spacial score (nSPS) is 12.2. The van der Waals surface area contributed by atoms with Crippen molar-refractivity contribution in [3.8, 4) is 5.75 Å². The lowest BCUT2D eigenvalue weighted by molar-refractivity contribution is 0.407. The van der Waals surface area contributed by atoms with E-state index in [-0.39, 0.29) is 0 Å². The molecule has 2 nitrogen and oxygen atoms in total. The lowest BCUT2D eigenvalue weighted by Crippen LogP contribution is -2.19. The second-order valence-electron chi connectivity index (χ2n) is 5.33. The molecule has 112 valence electrons. The van der Waals surface area contributed by atoms with Crippen LogP contribution in [0, 0.1) is 6.92 Å². The van der Waals surface area contributed by atoms with Crippen LogP contribution in [-0.4, -0.2) is 20.7 Å². The van der Waals surface area contributed by atoms with Crippen molar-refractivity contribution in [1.82, 2.24) is 5.32 Å². The second kappa shape index (κ2) is 7.62. The standard InChI is InChI=1S/C18H22BrNO/c1-13-4-9-18(21-3)15(10-13)11-16(12-20-2)14-5-7-17(19)8-6-14/h4-10,16,20H,11-12H2,1-3H3. The highest BCUT2D eigenvalue weighted by Crippen LogP contribution is 2.28. The SMILES string of the molecule is CNCC(Cc1cc(C)ccc1OC)c1ccc(Br)cc1. The highest BCUT2D eigenvalue weighted by atomic mass is 79.9. The largest absolute Gasteiger partial charge is 0.496 e. The fourth-order valence-corrected chi connectivity index (χ4v) is 2.89. The topological polar surface area (TPSA) is 21.3 Å². The van der Waals surface area contributed by atoms with Crippen LogP contribution in [0.4, 0.5) is 0 Å². The van der Waals surface area contributed by atoms with Gasteiger partial charge in [0, 0.05) is 16.9 Å². The zero-order chi connectivity index (χ0) is 15.2. The van der Waals surface area contributed by atoms with Gasteiger partial charge in [0.15, 0.2) is 0 Å². The molecular weight excluding hydrogens is 326 g/mol. The summed E-state index contributed by atoms with van der Waals surface area (Å²) in [4.78, 5) is 0. The van der Waals surface area contributed by atoms with E-state index in [1.165, 1.54) is 16.7 Å². The summed E-state index contributed by atoms with van der Waals surface area (Å²) < 4.78 is 6.62. The van der Waals surface area contributed by atoms with Gasteiger partial charge in [0.1, 0.15) is 5.75 Å². The average molecular weight is 348 g/mol. The molecule has 2 aromatic carbocycles. The Morgan fingerprint density at radius 1 is 1.14 bits per heavy atom. The Labute approximate surface area is 135 Å². The Kier molecular flexibility index (Phi) is 5.83. The van der Waals surface area contributed by atoms with Crippen molar-refractivity contribution < 1.29 is 4.74 Å². The molecule has 0 aliphatic heterocycles. The fourth-order valence-electron chi connectivity index (χ4n) is 2.62. The van der Waals surface area contributed by atoms with Gasteiger partial charge in [-0.05, 0) is 49.7 Å². The Bertz CT molecular complexity index is 580. The zero-order valence-corrected chi connectivity index (χ0v) is 14.4. The lowest BCUT2D eigenvalue weighted by Gasteiger charge is -2.19. The number of aryl methyl sites for hydroxylation is 1. The third kappa shape index (κ3) is 4.32. The van der Waals surface area contributed by atoms with Crippen molar-refractivity contribution in [3.05, 3.63) is 63.6 Å². The lowest BCUT2D eigenvalue weighted by atomic mass is 9.91. The van der Waals surface area contributed by atoms with E-state index in [0.717, 1.165) is 23.2 Å². The zero-order valence-electron chi connectivity index (χ0n) is 12.8. The van der Waals surface area contributed by atoms with Gasteiger partial charge in [-0.3, -0.25) is 0 Å². The molecule has 0 saturated carbocycles. The molecule has 2 rings (SSSR count). The molecule has 21 heavy (non-hydrogen) atoms. The molecule has 0 fully saturated rings. The summed E-state index contributed by atoms with van der Waals surface area (Å²) in [6.45, 7) is 3.06. The van der Waals surface area contributed by atoms with E-state index >= 15 is 0 Å². The quantitative estimate of drug-likeness (QED) is 0.840. The van der Waals surface area contributed by atoms with Crippen LogP contribution in [0.1, 0.15) is 22.6 Å². The van der Waals surface area contributed by atoms with Gasteiger partial charge < -0.3 is 10.1 Å². The van der Waals surface area contributed by atoms with Crippen molar-refractivity contribution in [3.63, 3.8) is 0 Å². The van der Waals surface area contributed by atoms with Crippen LogP contribution in [0.15, 0.2) is 46.9 Å². The summed E-state index contributed by atoms with van der Waals surface area (Å²) in [5.74, 6) is 1.40. The first-order chi connectivity index (χ1) is 10.1. The van der Waals surface area contributed by atoms with Gasteiger partial charge in [0.2, 0.25) is 0 Å². The third-order valence-corrected chi connectivity index (χ3v) is 4.22. The summed E-state index contributed by atoms with van der Waals surface area (Å²) in [6.07, 6.45) is 0.966. The molecule has 0 radical (unpaired) electrons. The van der Waals surface area contributed by atoms with E-state index in [1.54, 1.807) is 7.11 Å². The number of halogens is 1. The van der Waals surface area contributed by atoms with Gasteiger partial charge in [-0.25, -0.2) is 0 Å². The van der Waals surface area contributed by atoms with Gasteiger partial charge in [-0.1, -0.05) is 45.8 Å². The fraction of sp³-hybridized carbons (Fsp3) is 0.333. The second-order valence-corrected chi connectivity index (χ2v) is 6.24. The molecule has 1 unspecified atom stereocenters. The van der Waals surface area contributed by atoms with E-state index in [1.807, 2.05) is 7.05 Å². The summed E-state index contributed by atoms with van der Waals surface area (Å²) in [5, 5.41) is 3.30. The van der Waals surface area contributed by atoms with Crippen LogP contribution < -0.4 is 10.1 Å². The van der Waals surface area contributed by atoms with E-state index < -0.39 is 0 Å². The monoisotopic (exact) mass is 347 g/mol. The van der Waals surface area contributed by atoms with Crippen LogP contribution in [0.5, 0.6) is 5.75 Å². The minimum absolute atomic E-state index is 0.429. The molecule has 0 aliphatic rings. The average Bonchev–Trinajstić information content (AvgIpc) is 2.48. The summed E-state index contributed by atoms with van der Waals surface area (Å²) in [6, 6.07) is 15.0. The van der Waals surface area contributed by atoms with Crippen molar-refractivity contribution >= 4 is 15.9 Å². The Morgan fingerprint density at radius 2 is 1.86 bits per heavy atom. The first-order valence-corrected chi connectivity index (χ1v) is 7.97. The van der Waals surface area contributed by atoms with Crippen molar-refractivity contribution in [2.75, 3.05) is 20.7 Å². The maximum Gasteiger partial charge on any atom is 0.122 e. The number of benzene rings is 2. The molecule has 0 spiro atoms. The van der Waals surface area contributed by atoms with Gasteiger partial charge in [-0.2, -0.15) is 0 Å². The van der Waals surface area contributed by atoms with Crippen molar-refractivity contribution in [1.29, 1.82) is 0 Å². The first-order valence-electron chi connectivity index (χ1n) is 7.17. The van der Waals surface area contributed by atoms with Gasteiger partial charge in [-0.15, -0.1) is 0 Å². The summed E-state index contributed by atoms with van der Waals surface area (Å²) in [5.41, 5.74) is 3.88. The minimum Gasteiger partial charge on any atom is -0.496 e.